The second-order valence-corrected chi connectivity index (χ2v) is 8.00. The van der Waals surface area contributed by atoms with E-state index in [1.807, 2.05) is 23.7 Å². The molecular formula is C20H19N7OS. The van der Waals surface area contributed by atoms with Gasteiger partial charge in [-0.15, -0.1) is 11.3 Å². The third-order valence-corrected chi connectivity index (χ3v) is 6.01. The van der Waals surface area contributed by atoms with Crippen LogP contribution in [0.3, 0.4) is 0 Å². The predicted molar refractivity (Wildman–Crippen MR) is 115 cm³/mol. The molecule has 1 aliphatic heterocycles. The van der Waals surface area contributed by atoms with Gasteiger partial charge in [0.1, 0.15) is 16.3 Å². The molecule has 0 atom stereocenters. The summed E-state index contributed by atoms with van der Waals surface area (Å²) < 4.78 is 4.27. The van der Waals surface area contributed by atoms with Crippen LogP contribution in [0.5, 0.6) is 0 Å². The average Bonchev–Trinajstić information content (AvgIpc) is 3.23. The third-order valence-electron chi connectivity index (χ3n) is 4.93. The zero-order chi connectivity index (χ0) is 20.0. The number of hydrogen-bond donors (Lipinski definition) is 2. The summed E-state index contributed by atoms with van der Waals surface area (Å²) in [4.78, 5) is 22.1. The van der Waals surface area contributed by atoms with Crippen molar-refractivity contribution in [2.24, 2.45) is 7.05 Å². The first kappa shape index (κ1) is 17.6. The Morgan fingerprint density at radius 2 is 2.21 bits per heavy atom. The smallest absolute Gasteiger partial charge is 0.291 e. The Labute approximate surface area is 170 Å². The molecule has 9 heteroatoms. The molecule has 146 valence electrons. The molecule has 1 aliphatic rings. The van der Waals surface area contributed by atoms with E-state index < -0.39 is 0 Å². The fourth-order valence-corrected chi connectivity index (χ4v) is 4.67. The van der Waals surface area contributed by atoms with Gasteiger partial charge in [-0.25, -0.2) is 14.6 Å². The van der Waals surface area contributed by atoms with Crippen molar-refractivity contribution < 1.29 is 0 Å². The van der Waals surface area contributed by atoms with Crippen LogP contribution in [0, 0.1) is 0 Å². The number of nitrogens with zero attached hydrogens (tertiary/aromatic N) is 5. The van der Waals surface area contributed by atoms with Crippen LogP contribution in [0.2, 0.25) is 0 Å². The number of nitrogens with two attached hydrogens (primary N) is 1. The maximum atomic E-state index is 13.1. The minimum absolute atomic E-state index is 0.164. The SMILES string of the molecule is Cn1c2nc(CC3=CC=CCN3)sc2c2cnn(Cc3cccc(N)n3)c(=O)c21. The zero-order valence-electron chi connectivity index (χ0n) is 15.8. The fourth-order valence-electron chi connectivity index (χ4n) is 3.55. The highest BCUT2D eigenvalue weighted by Crippen LogP contribution is 2.31. The van der Waals surface area contributed by atoms with Crippen LogP contribution < -0.4 is 16.6 Å². The second-order valence-electron chi connectivity index (χ2n) is 6.92. The van der Waals surface area contributed by atoms with E-state index in [-0.39, 0.29) is 12.1 Å². The van der Waals surface area contributed by atoms with Gasteiger partial charge in [0, 0.05) is 31.1 Å². The molecule has 0 aromatic carbocycles. The Morgan fingerprint density at radius 3 is 3.00 bits per heavy atom. The summed E-state index contributed by atoms with van der Waals surface area (Å²) in [5, 5.41) is 9.57. The Kier molecular flexibility index (Phi) is 4.17. The fraction of sp³-hybridized carbons (Fsp3) is 0.200. The van der Waals surface area contributed by atoms with Gasteiger partial charge in [-0.1, -0.05) is 18.2 Å². The number of fused-ring (bicyclic) bond motifs is 3. The van der Waals surface area contributed by atoms with Crippen LogP contribution in [0.15, 0.2) is 53.1 Å². The zero-order valence-corrected chi connectivity index (χ0v) is 16.6. The van der Waals surface area contributed by atoms with Crippen molar-refractivity contribution in [1.82, 2.24) is 29.6 Å². The molecule has 0 aliphatic carbocycles. The van der Waals surface area contributed by atoms with Gasteiger partial charge in [0.15, 0.2) is 5.65 Å². The molecule has 0 radical (unpaired) electrons. The number of nitrogen functional groups attached to an aromatic ring is 1. The molecule has 4 aromatic heterocycles. The van der Waals surface area contributed by atoms with Gasteiger partial charge in [0.05, 0.1) is 23.1 Å². The number of rotatable bonds is 4. The van der Waals surface area contributed by atoms with Crippen LogP contribution in [0.4, 0.5) is 5.82 Å². The number of nitrogens with one attached hydrogen (secondary N) is 1. The predicted octanol–water partition coefficient (Wildman–Crippen LogP) is 1.96. The van der Waals surface area contributed by atoms with Crippen LogP contribution in [0.25, 0.3) is 21.3 Å². The highest BCUT2D eigenvalue weighted by molar-refractivity contribution is 7.19. The number of thiazole rings is 1. The van der Waals surface area contributed by atoms with Crippen LogP contribution in [-0.4, -0.2) is 30.9 Å². The van der Waals surface area contributed by atoms with E-state index in [0.717, 1.165) is 39.4 Å². The lowest BCUT2D eigenvalue weighted by Gasteiger charge is -2.10. The molecule has 5 heterocycles. The normalized spacial score (nSPS) is 13.8. The second kappa shape index (κ2) is 6.85. The summed E-state index contributed by atoms with van der Waals surface area (Å²) in [5.41, 5.74) is 8.82. The maximum absolute atomic E-state index is 13.1. The highest BCUT2D eigenvalue weighted by atomic mass is 32.1. The van der Waals surface area contributed by atoms with E-state index in [9.17, 15) is 4.79 Å². The lowest BCUT2D eigenvalue weighted by Crippen LogP contribution is -2.25. The standard InChI is InChI=1S/C20H19N7OS/c1-26-17-14(10-23-27(20(17)28)11-13-6-4-7-15(21)24-13)18-19(26)25-16(29-18)9-12-5-2-3-8-22-12/h2-7,10,22H,8-9,11H2,1H3,(H2,21,24). The number of hydrogen-bond acceptors (Lipinski definition) is 7. The van der Waals surface area contributed by atoms with Crippen molar-refractivity contribution >= 4 is 38.4 Å². The lowest BCUT2D eigenvalue weighted by atomic mass is 10.2. The van der Waals surface area contributed by atoms with Gasteiger partial charge >= 0.3 is 0 Å². The number of allylic oxidation sites excluding steroid dienone is 3. The summed E-state index contributed by atoms with van der Waals surface area (Å²) in [6, 6.07) is 5.36. The molecule has 0 spiro atoms. The summed E-state index contributed by atoms with van der Waals surface area (Å²) in [5.74, 6) is 0.422. The van der Waals surface area contributed by atoms with Gasteiger partial charge in [0.25, 0.3) is 5.56 Å². The van der Waals surface area contributed by atoms with E-state index in [1.54, 1.807) is 23.6 Å². The largest absolute Gasteiger partial charge is 0.385 e. The van der Waals surface area contributed by atoms with Crippen molar-refractivity contribution in [1.29, 1.82) is 0 Å². The van der Waals surface area contributed by atoms with Gasteiger partial charge in [-0.05, 0) is 18.2 Å². The van der Waals surface area contributed by atoms with E-state index in [4.69, 9.17) is 10.7 Å². The molecule has 3 N–H and O–H groups in total. The number of dihydropyridines is 1. The molecule has 0 amide bonds. The molecule has 0 saturated heterocycles. The third kappa shape index (κ3) is 3.09. The average molecular weight is 405 g/mol. The number of pyridine rings is 1. The Morgan fingerprint density at radius 1 is 1.31 bits per heavy atom. The maximum Gasteiger partial charge on any atom is 0.291 e. The van der Waals surface area contributed by atoms with E-state index >= 15 is 0 Å². The minimum Gasteiger partial charge on any atom is -0.385 e. The number of anilines is 1. The molecule has 0 saturated carbocycles. The topological polar surface area (TPSA) is 104 Å². The highest BCUT2D eigenvalue weighted by Gasteiger charge is 2.19. The monoisotopic (exact) mass is 405 g/mol. The molecule has 0 unspecified atom stereocenters. The molecule has 8 nitrogen and oxygen atoms in total. The first-order chi connectivity index (χ1) is 14.1. The first-order valence-corrected chi connectivity index (χ1v) is 10.1. The lowest BCUT2D eigenvalue weighted by molar-refractivity contribution is 0.633. The molecule has 0 bridgehead atoms. The van der Waals surface area contributed by atoms with Crippen LogP contribution in [-0.2, 0) is 20.0 Å². The van der Waals surface area contributed by atoms with Gasteiger partial charge < -0.3 is 15.6 Å². The summed E-state index contributed by atoms with van der Waals surface area (Å²) >= 11 is 1.61. The molecule has 0 fully saturated rings. The summed E-state index contributed by atoms with van der Waals surface area (Å²) in [6.07, 6.45) is 8.69. The van der Waals surface area contributed by atoms with Crippen molar-refractivity contribution in [3.8, 4) is 0 Å². The van der Waals surface area contributed by atoms with Gasteiger partial charge in [0.2, 0.25) is 0 Å². The van der Waals surface area contributed by atoms with Crippen LogP contribution >= 0.6 is 11.3 Å². The van der Waals surface area contributed by atoms with E-state index in [1.165, 1.54) is 4.68 Å². The molecular weight excluding hydrogens is 386 g/mol. The van der Waals surface area contributed by atoms with Crippen molar-refractivity contribution in [2.45, 2.75) is 13.0 Å². The Bertz CT molecular complexity index is 1360. The van der Waals surface area contributed by atoms with Gasteiger partial charge in [-0.2, -0.15) is 5.10 Å². The summed E-state index contributed by atoms with van der Waals surface area (Å²) in [6.45, 7) is 1.11. The Balaban J connectivity index is 1.55. The molecule has 4 aromatic rings. The van der Waals surface area contributed by atoms with Crippen molar-refractivity contribution in [3.63, 3.8) is 0 Å². The molecule has 5 rings (SSSR count). The Hall–Kier alpha value is -3.46. The van der Waals surface area contributed by atoms with Crippen molar-refractivity contribution in [2.75, 3.05) is 12.3 Å². The minimum atomic E-state index is -0.164. The number of aryl methyl sites for hydroxylation is 1. The number of aromatic nitrogens is 5. The first-order valence-electron chi connectivity index (χ1n) is 9.25. The molecule has 29 heavy (non-hydrogen) atoms. The van der Waals surface area contributed by atoms with Gasteiger partial charge in [-0.3, -0.25) is 4.79 Å². The van der Waals surface area contributed by atoms with E-state index in [2.05, 4.69) is 33.6 Å². The summed E-state index contributed by atoms with van der Waals surface area (Å²) in [7, 11) is 1.87. The van der Waals surface area contributed by atoms with Crippen LogP contribution in [0.1, 0.15) is 10.7 Å². The van der Waals surface area contributed by atoms with Crippen molar-refractivity contribution in [3.05, 3.63) is 69.4 Å². The quantitative estimate of drug-likeness (QED) is 0.538. The van der Waals surface area contributed by atoms with E-state index in [0.29, 0.717) is 17.0 Å².